The maximum atomic E-state index is 14.7. The Morgan fingerprint density at radius 2 is 1.60 bits per heavy atom. The average Bonchev–Trinajstić information content (AvgIpc) is 3.94. The number of H-pyrrole nitrogens is 1. The van der Waals surface area contributed by atoms with Gasteiger partial charge in [0.25, 0.3) is 0 Å². The van der Waals surface area contributed by atoms with Crippen LogP contribution in [0.2, 0.25) is 0 Å². The van der Waals surface area contributed by atoms with Crippen molar-refractivity contribution in [1.82, 2.24) is 41.8 Å². The third kappa shape index (κ3) is 14.9. The molecule has 14 N–H and O–H groups in total. The number of fused-ring (bicyclic) bond motifs is 2. The largest absolute Gasteiger partial charge is 0.497 e. The number of carboxylic acids is 1. The van der Waals surface area contributed by atoms with Crippen LogP contribution >= 0.6 is 0 Å². The quantitative estimate of drug-likeness (QED) is 0.0457. The minimum absolute atomic E-state index is 0.0329. The molecule has 22 heteroatoms. The van der Waals surface area contributed by atoms with Gasteiger partial charge in [-0.05, 0) is 93.4 Å². The number of rotatable bonds is 16. The molecule has 2 aliphatic heterocycles. The highest BCUT2D eigenvalue weighted by Gasteiger charge is 2.43. The Labute approximate surface area is 405 Å². The number of guanidine groups is 1. The number of nitrogens with one attached hydrogen (secondary N) is 7. The Hall–Kier alpha value is -6.78. The minimum Gasteiger partial charge on any atom is -0.497 e. The van der Waals surface area contributed by atoms with Crippen LogP contribution < -0.4 is 48.1 Å². The molecule has 1 saturated carbocycles. The topological polar surface area (TPSA) is 345 Å². The van der Waals surface area contributed by atoms with E-state index < -0.39 is 96.4 Å². The molecule has 3 fully saturated rings. The van der Waals surface area contributed by atoms with E-state index in [2.05, 4.69) is 41.9 Å². The monoisotopic (exact) mass is 974 g/mol. The van der Waals surface area contributed by atoms with Gasteiger partial charge < -0.3 is 68.0 Å². The summed E-state index contributed by atoms with van der Waals surface area (Å²) in [5.74, 6) is -5.01. The molecule has 2 aromatic carbocycles. The molecule has 1 aromatic heterocycles. The Bertz CT molecular complexity index is 2330. The lowest BCUT2D eigenvalue weighted by Crippen LogP contribution is -2.60. The van der Waals surface area contributed by atoms with E-state index in [9.17, 15) is 48.9 Å². The summed E-state index contributed by atoms with van der Waals surface area (Å²) in [4.78, 5) is 107. The fourth-order valence-electron chi connectivity index (χ4n) is 9.42. The number of aliphatic imine (C=N–C) groups is 1. The van der Waals surface area contributed by atoms with Crippen molar-refractivity contribution in [2.24, 2.45) is 22.4 Å². The van der Waals surface area contributed by atoms with Crippen LogP contribution in [0.15, 0.2) is 59.7 Å². The fourth-order valence-corrected chi connectivity index (χ4v) is 9.42. The van der Waals surface area contributed by atoms with Crippen molar-refractivity contribution in [3.63, 3.8) is 0 Å². The molecule has 0 bridgehead atoms. The number of aliphatic carboxylic acids is 1. The molecule has 3 aliphatic rings. The van der Waals surface area contributed by atoms with E-state index in [0.29, 0.717) is 48.1 Å². The number of aliphatic hydroxyl groups is 2. The zero-order valence-corrected chi connectivity index (χ0v) is 39.4. The average molecular weight is 974 g/mol. The Kier molecular flexibility index (Phi) is 18.9. The van der Waals surface area contributed by atoms with Gasteiger partial charge >= 0.3 is 5.97 Å². The molecule has 7 atom stereocenters. The maximum absolute atomic E-state index is 14.7. The lowest BCUT2D eigenvalue weighted by Gasteiger charge is -2.32. The second kappa shape index (κ2) is 25.2. The molecular weight excluding hydrogens is 907 g/mol. The van der Waals surface area contributed by atoms with E-state index in [0.717, 1.165) is 5.39 Å². The minimum atomic E-state index is -1.32. The van der Waals surface area contributed by atoms with Crippen LogP contribution in [0.1, 0.15) is 75.3 Å². The zero-order valence-electron chi connectivity index (χ0n) is 39.4. The van der Waals surface area contributed by atoms with Crippen LogP contribution in [-0.2, 0) is 46.4 Å². The van der Waals surface area contributed by atoms with Crippen molar-refractivity contribution in [1.29, 1.82) is 0 Å². The van der Waals surface area contributed by atoms with Gasteiger partial charge in [-0.2, -0.15) is 0 Å². The van der Waals surface area contributed by atoms with E-state index in [1.807, 2.05) is 6.07 Å². The molecule has 70 heavy (non-hydrogen) atoms. The molecule has 1 aliphatic carbocycles. The van der Waals surface area contributed by atoms with E-state index in [4.69, 9.17) is 16.2 Å². The van der Waals surface area contributed by atoms with Crippen LogP contribution in [0.25, 0.3) is 10.9 Å². The molecule has 0 spiro atoms. The predicted octanol–water partition coefficient (Wildman–Crippen LogP) is -1.19. The number of hydrogen-bond acceptors (Lipinski definition) is 12. The number of methoxy groups -OCH3 is 1. The third-order valence-electron chi connectivity index (χ3n) is 13.2. The van der Waals surface area contributed by atoms with Gasteiger partial charge in [-0.1, -0.05) is 30.3 Å². The fraction of sp³-hybridized carbons (Fsp3) is 0.542. The molecule has 22 nitrogen and oxygen atoms in total. The first-order valence-corrected chi connectivity index (χ1v) is 23.9. The highest BCUT2D eigenvalue weighted by Crippen LogP contribution is 2.29. The van der Waals surface area contributed by atoms with Crippen molar-refractivity contribution in [2.45, 2.75) is 126 Å². The summed E-state index contributed by atoms with van der Waals surface area (Å²) in [6.07, 6.45) is 2.50. The molecule has 0 radical (unpaired) electrons. The van der Waals surface area contributed by atoms with Crippen LogP contribution in [0.5, 0.6) is 5.75 Å². The molecule has 380 valence electrons. The first kappa shape index (κ1) is 52.6. The summed E-state index contributed by atoms with van der Waals surface area (Å²) in [7, 11) is 1.54. The van der Waals surface area contributed by atoms with E-state index in [1.54, 1.807) is 48.7 Å². The van der Waals surface area contributed by atoms with Gasteiger partial charge in [-0.15, -0.1) is 0 Å². The van der Waals surface area contributed by atoms with Crippen molar-refractivity contribution >= 4 is 58.3 Å². The summed E-state index contributed by atoms with van der Waals surface area (Å²) in [6.45, 7) is -0.727. The summed E-state index contributed by atoms with van der Waals surface area (Å²) < 4.78 is 5.38. The summed E-state index contributed by atoms with van der Waals surface area (Å²) >= 11 is 0. The van der Waals surface area contributed by atoms with Gasteiger partial charge in [0, 0.05) is 55.6 Å². The van der Waals surface area contributed by atoms with Crippen molar-refractivity contribution in [2.75, 3.05) is 33.3 Å². The number of benzene rings is 2. The SMILES string of the molecule is COc1ccc2c(C[C@@H]3NC(=O)[C@@H](CC4CCC(O)CC4)NC(=O)[C@@H]4C[C@@H](O)CN4C(=O)[C@@H](NC(=O)[C@H](Cc4ccccc4)NCC(=O)O)CCCNC(=O)[C@H](CCCN=C(N)N)NC3=O)c[nH]c2c1. The molecule has 0 unspecified atom stereocenters. The molecule has 6 amide bonds. The molecule has 3 aromatic rings. The molecule has 3 heterocycles. The first-order chi connectivity index (χ1) is 33.6. The first-order valence-electron chi connectivity index (χ1n) is 23.9. The number of hydrogen-bond donors (Lipinski definition) is 12. The molecule has 2 saturated heterocycles. The van der Waals surface area contributed by atoms with Crippen LogP contribution in [0.3, 0.4) is 0 Å². The second-order valence-corrected chi connectivity index (χ2v) is 18.4. The van der Waals surface area contributed by atoms with Gasteiger partial charge in [-0.25, -0.2) is 0 Å². The third-order valence-corrected chi connectivity index (χ3v) is 13.2. The molecule has 6 rings (SSSR count). The van der Waals surface area contributed by atoms with Gasteiger partial charge in [0.1, 0.15) is 36.0 Å². The number of ether oxygens (including phenoxy) is 1. The maximum Gasteiger partial charge on any atom is 0.317 e. The van der Waals surface area contributed by atoms with Crippen LogP contribution in [0.4, 0.5) is 0 Å². The second-order valence-electron chi connectivity index (χ2n) is 18.4. The number of nitrogens with two attached hydrogens (primary N) is 2. The van der Waals surface area contributed by atoms with E-state index in [-0.39, 0.29) is 82.9 Å². The number of aromatic nitrogens is 1. The van der Waals surface area contributed by atoms with E-state index in [1.165, 1.54) is 12.0 Å². The molecular formula is C48H67N11O11. The number of aliphatic hydroxyl groups excluding tert-OH is 2. The van der Waals surface area contributed by atoms with Crippen molar-refractivity contribution < 1.29 is 53.6 Å². The smallest absolute Gasteiger partial charge is 0.317 e. The van der Waals surface area contributed by atoms with Crippen LogP contribution in [0, 0.1) is 5.92 Å². The van der Waals surface area contributed by atoms with E-state index >= 15 is 0 Å². The Morgan fingerprint density at radius 3 is 2.31 bits per heavy atom. The summed E-state index contributed by atoms with van der Waals surface area (Å²) in [5.41, 5.74) is 13.2. The Balaban J connectivity index is 1.34. The summed E-state index contributed by atoms with van der Waals surface area (Å²) in [5, 5.41) is 48.4. The number of amides is 6. The highest BCUT2D eigenvalue weighted by atomic mass is 16.5. The standard InChI is InChI=1S/C48H67N11O11/c1-70-32-15-16-33-29(24-53-36(33)23-32)21-39-45(67)55-34(9-5-18-52-48(49)50)42(64)51-17-6-10-35(56-43(65)37(54-25-41(62)63)19-27-7-3-2-4-8-27)47(69)59-26-31(61)22-40(59)46(68)58-38(44(66)57-39)20-28-11-13-30(60)14-12-28/h2-4,7-8,15-16,23-24,28,30-31,34-35,37-40,53-54,60-61H,5-6,9-14,17-22,25-26H2,1H3,(H,51,64)(H,55,67)(H,56,65)(H,57,66)(H,58,68)(H,62,63)(H4,49,50,52)/t28?,30?,31-,34+,35+,37+,38-,39+,40+/m1/s1. The van der Waals surface area contributed by atoms with Gasteiger partial charge in [-0.3, -0.25) is 43.9 Å². The van der Waals surface area contributed by atoms with Crippen molar-refractivity contribution in [3.8, 4) is 5.75 Å². The van der Waals surface area contributed by atoms with Crippen LogP contribution in [-0.4, -0.2) is 154 Å². The normalized spacial score (nSPS) is 25.5. The number of aromatic amines is 1. The lowest BCUT2D eigenvalue weighted by atomic mass is 9.83. The number of nitrogens with zero attached hydrogens (tertiary/aromatic N) is 2. The number of carboxylic acid groups (broad SMARTS) is 1. The predicted molar refractivity (Wildman–Crippen MR) is 257 cm³/mol. The van der Waals surface area contributed by atoms with Gasteiger partial charge in [0.15, 0.2) is 5.96 Å². The number of carbonyl (C=O) groups is 7. The summed E-state index contributed by atoms with van der Waals surface area (Å²) in [6, 6.07) is 6.85. The Morgan fingerprint density at radius 1 is 0.886 bits per heavy atom. The van der Waals surface area contributed by atoms with Gasteiger partial charge in [0.2, 0.25) is 35.4 Å². The highest BCUT2D eigenvalue weighted by molar-refractivity contribution is 5.97. The zero-order chi connectivity index (χ0) is 50.3. The lowest BCUT2D eigenvalue weighted by molar-refractivity contribution is -0.143. The van der Waals surface area contributed by atoms with Crippen molar-refractivity contribution in [3.05, 3.63) is 65.9 Å². The number of carbonyl (C=O) groups excluding carboxylic acids is 6. The van der Waals surface area contributed by atoms with Gasteiger partial charge in [0.05, 0.1) is 31.9 Å².